The number of benzene rings is 1. The summed E-state index contributed by atoms with van der Waals surface area (Å²) in [5.74, 6) is -1.48. The summed E-state index contributed by atoms with van der Waals surface area (Å²) < 4.78 is 0. The monoisotopic (exact) mass is 301 g/mol. The predicted octanol–water partition coefficient (Wildman–Crippen LogP) is 2.52. The number of hydrogen-bond acceptors (Lipinski definition) is 2. The van der Waals surface area contributed by atoms with E-state index in [1.165, 1.54) is 0 Å². The van der Waals surface area contributed by atoms with Crippen LogP contribution in [0.5, 0.6) is 0 Å². The first-order valence-electron chi connectivity index (χ1n) is 5.92. The van der Waals surface area contributed by atoms with Gasteiger partial charge in [0.05, 0.1) is 0 Å². The molecular weight excluding hydrogens is 289 g/mol. The van der Waals surface area contributed by atoms with Gasteiger partial charge in [0.15, 0.2) is 0 Å². The summed E-state index contributed by atoms with van der Waals surface area (Å²) in [4.78, 5) is 22.7. The Kier molecular flexibility index (Phi) is 4.02. The van der Waals surface area contributed by atoms with Crippen molar-refractivity contribution in [2.24, 2.45) is 5.41 Å². The molecule has 2 rings (SSSR count). The number of rotatable bonds is 5. The van der Waals surface area contributed by atoms with E-state index in [9.17, 15) is 9.59 Å². The minimum absolute atomic E-state index is 0.317. The van der Waals surface area contributed by atoms with E-state index in [2.05, 4.69) is 5.32 Å². The van der Waals surface area contributed by atoms with Gasteiger partial charge in [-0.15, -0.1) is 0 Å². The molecule has 0 aliphatic heterocycles. The van der Waals surface area contributed by atoms with Crippen LogP contribution in [0.2, 0.25) is 10.0 Å². The number of halogens is 2. The highest BCUT2D eigenvalue weighted by molar-refractivity contribution is 6.36. The van der Waals surface area contributed by atoms with Crippen molar-refractivity contribution in [2.75, 3.05) is 6.54 Å². The summed E-state index contributed by atoms with van der Waals surface area (Å²) in [5.41, 5.74) is -0.448. The molecule has 0 radical (unpaired) electrons. The van der Waals surface area contributed by atoms with E-state index in [1.54, 1.807) is 18.2 Å². The fraction of sp³-hybridized carbons (Fsp3) is 0.385. The second-order valence-electron chi connectivity index (χ2n) is 4.59. The van der Waals surface area contributed by atoms with Crippen LogP contribution in [-0.2, 0) is 16.0 Å². The molecule has 1 saturated carbocycles. The molecule has 0 heterocycles. The molecule has 1 fully saturated rings. The largest absolute Gasteiger partial charge is 0.480 e. The topological polar surface area (TPSA) is 66.4 Å². The van der Waals surface area contributed by atoms with Crippen LogP contribution in [0.15, 0.2) is 18.2 Å². The molecule has 1 aliphatic rings. The molecule has 0 unspecified atom stereocenters. The zero-order chi connectivity index (χ0) is 14.0. The lowest BCUT2D eigenvalue weighted by Crippen LogP contribution is -2.38. The molecule has 0 aromatic heterocycles. The van der Waals surface area contributed by atoms with E-state index >= 15 is 0 Å². The lowest BCUT2D eigenvalue weighted by Gasteiger charge is -2.11. The minimum Gasteiger partial charge on any atom is -0.480 e. The summed E-state index contributed by atoms with van der Waals surface area (Å²) in [6, 6.07) is 5.20. The van der Waals surface area contributed by atoms with Crippen LogP contribution in [0.4, 0.5) is 0 Å². The van der Waals surface area contributed by atoms with Gasteiger partial charge in [0.1, 0.15) is 5.41 Å². The number of carbonyl (C=O) groups excluding carboxylic acids is 1. The summed E-state index contributed by atoms with van der Waals surface area (Å²) >= 11 is 12.0. The van der Waals surface area contributed by atoms with Crippen LogP contribution in [0.1, 0.15) is 18.4 Å². The van der Waals surface area contributed by atoms with Crippen LogP contribution in [0, 0.1) is 5.41 Å². The Bertz CT molecular complexity index is 506. The van der Waals surface area contributed by atoms with E-state index in [0.717, 1.165) is 5.56 Å². The van der Waals surface area contributed by atoms with Gasteiger partial charge in [-0.3, -0.25) is 9.59 Å². The molecule has 0 atom stereocenters. The number of carboxylic acid groups (broad SMARTS) is 1. The van der Waals surface area contributed by atoms with Crippen molar-refractivity contribution in [3.05, 3.63) is 33.8 Å². The second kappa shape index (κ2) is 5.39. The number of amides is 1. The molecule has 6 heteroatoms. The molecule has 102 valence electrons. The number of carboxylic acids is 1. The lowest BCUT2D eigenvalue weighted by atomic mass is 10.1. The van der Waals surface area contributed by atoms with Crippen LogP contribution in [0.3, 0.4) is 0 Å². The zero-order valence-corrected chi connectivity index (χ0v) is 11.6. The number of aliphatic carboxylic acids is 1. The normalized spacial score (nSPS) is 15.9. The highest BCUT2D eigenvalue weighted by Gasteiger charge is 2.56. The van der Waals surface area contributed by atoms with Crippen LogP contribution in [0.25, 0.3) is 0 Å². The fourth-order valence-corrected chi connectivity index (χ4v) is 2.49. The van der Waals surface area contributed by atoms with Crippen molar-refractivity contribution < 1.29 is 14.7 Å². The van der Waals surface area contributed by atoms with Crippen molar-refractivity contribution in [1.82, 2.24) is 5.32 Å². The Morgan fingerprint density at radius 1 is 1.26 bits per heavy atom. The fourth-order valence-electron chi connectivity index (χ4n) is 1.90. The van der Waals surface area contributed by atoms with Gasteiger partial charge in [-0.2, -0.15) is 0 Å². The van der Waals surface area contributed by atoms with Crippen LogP contribution >= 0.6 is 23.2 Å². The molecule has 1 aromatic carbocycles. The Labute approximate surface area is 120 Å². The maximum absolute atomic E-state index is 11.8. The van der Waals surface area contributed by atoms with E-state index in [1.807, 2.05) is 0 Å². The second-order valence-corrected chi connectivity index (χ2v) is 5.41. The molecule has 4 nitrogen and oxygen atoms in total. The SMILES string of the molecule is O=C(O)C1(C(=O)NCCc2c(Cl)cccc2Cl)CC1. The van der Waals surface area contributed by atoms with Crippen molar-refractivity contribution in [1.29, 1.82) is 0 Å². The lowest BCUT2D eigenvalue weighted by molar-refractivity contribution is -0.149. The van der Waals surface area contributed by atoms with Gasteiger partial charge in [-0.25, -0.2) is 0 Å². The first-order valence-corrected chi connectivity index (χ1v) is 6.67. The van der Waals surface area contributed by atoms with Crippen molar-refractivity contribution in [3.63, 3.8) is 0 Å². The van der Waals surface area contributed by atoms with E-state index in [0.29, 0.717) is 35.9 Å². The van der Waals surface area contributed by atoms with Crippen LogP contribution in [-0.4, -0.2) is 23.5 Å². The third-order valence-electron chi connectivity index (χ3n) is 3.32. The van der Waals surface area contributed by atoms with Gasteiger partial charge in [-0.1, -0.05) is 29.3 Å². The van der Waals surface area contributed by atoms with Gasteiger partial charge < -0.3 is 10.4 Å². The number of carbonyl (C=O) groups is 2. The van der Waals surface area contributed by atoms with Crippen LogP contribution < -0.4 is 5.32 Å². The summed E-state index contributed by atoms with van der Waals surface area (Å²) in [6.07, 6.45) is 1.28. The highest BCUT2D eigenvalue weighted by Crippen LogP contribution is 2.46. The van der Waals surface area contributed by atoms with Crippen molar-refractivity contribution in [3.8, 4) is 0 Å². The highest BCUT2D eigenvalue weighted by atomic mass is 35.5. The standard InChI is InChI=1S/C13H13Cl2NO3/c14-9-2-1-3-10(15)8(9)4-7-16-11(17)13(5-6-13)12(18)19/h1-3H,4-7H2,(H,16,17)(H,18,19). The van der Waals surface area contributed by atoms with Gasteiger partial charge in [-0.05, 0) is 37.0 Å². The summed E-state index contributed by atoms with van der Waals surface area (Å²) in [6.45, 7) is 0.317. The maximum atomic E-state index is 11.8. The number of hydrogen-bond donors (Lipinski definition) is 2. The quantitative estimate of drug-likeness (QED) is 0.821. The van der Waals surface area contributed by atoms with E-state index in [-0.39, 0.29) is 0 Å². The van der Waals surface area contributed by atoms with Gasteiger partial charge in [0.25, 0.3) is 0 Å². The predicted molar refractivity (Wildman–Crippen MR) is 72.5 cm³/mol. The van der Waals surface area contributed by atoms with Crippen molar-refractivity contribution in [2.45, 2.75) is 19.3 Å². The summed E-state index contributed by atoms with van der Waals surface area (Å²) in [7, 11) is 0. The Balaban J connectivity index is 1.91. The van der Waals surface area contributed by atoms with E-state index < -0.39 is 17.3 Å². The first kappa shape index (κ1) is 14.2. The molecule has 2 N–H and O–H groups in total. The first-order chi connectivity index (χ1) is 8.97. The third kappa shape index (κ3) is 2.85. The zero-order valence-electron chi connectivity index (χ0n) is 10.1. The number of nitrogens with one attached hydrogen (secondary N) is 1. The smallest absolute Gasteiger partial charge is 0.319 e. The molecule has 1 aliphatic carbocycles. The Hall–Kier alpha value is -1.26. The maximum Gasteiger partial charge on any atom is 0.319 e. The Morgan fingerprint density at radius 2 is 1.84 bits per heavy atom. The third-order valence-corrected chi connectivity index (χ3v) is 4.02. The average Bonchev–Trinajstić information content (AvgIpc) is 3.14. The minimum atomic E-state index is -1.20. The molecule has 1 aromatic rings. The molecule has 1 amide bonds. The molecular formula is C13H13Cl2NO3. The molecule has 0 bridgehead atoms. The van der Waals surface area contributed by atoms with E-state index in [4.69, 9.17) is 28.3 Å². The average molecular weight is 302 g/mol. The van der Waals surface area contributed by atoms with Gasteiger partial charge in [0, 0.05) is 16.6 Å². The van der Waals surface area contributed by atoms with Gasteiger partial charge >= 0.3 is 5.97 Å². The molecule has 0 spiro atoms. The molecule has 19 heavy (non-hydrogen) atoms. The van der Waals surface area contributed by atoms with Gasteiger partial charge in [0.2, 0.25) is 5.91 Å². The Morgan fingerprint density at radius 3 is 2.32 bits per heavy atom. The van der Waals surface area contributed by atoms with Crippen molar-refractivity contribution >= 4 is 35.1 Å². The summed E-state index contributed by atoms with van der Waals surface area (Å²) in [5, 5.41) is 12.7. The molecule has 0 saturated heterocycles.